The second-order valence-corrected chi connectivity index (χ2v) is 9.63. The van der Waals surface area contributed by atoms with Gasteiger partial charge in [0.05, 0.1) is 18.8 Å². The van der Waals surface area contributed by atoms with Gasteiger partial charge in [-0.2, -0.15) is 0 Å². The Morgan fingerprint density at radius 3 is 2.43 bits per heavy atom. The minimum atomic E-state index is -0.569. The molecule has 1 aromatic heterocycles. The second kappa shape index (κ2) is 13.3. The van der Waals surface area contributed by atoms with Crippen LogP contribution in [0.5, 0.6) is 0 Å². The lowest BCUT2D eigenvalue weighted by Gasteiger charge is -2.41. The third-order valence-corrected chi connectivity index (χ3v) is 7.03. The van der Waals surface area contributed by atoms with Gasteiger partial charge >= 0.3 is 6.09 Å². The lowest BCUT2D eigenvalue weighted by atomic mass is 9.91. The van der Waals surface area contributed by atoms with E-state index < -0.39 is 12.4 Å². The highest BCUT2D eigenvalue weighted by Crippen LogP contribution is 2.42. The summed E-state index contributed by atoms with van der Waals surface area (Å²) < 4.78 is 17.9. The van der Waals surface area contributed by atoms with Gasteiger partial charge in [0.25, 0.3) is 0 Å². The molecule has 2 aromatic carbocycles. The topological polar surface area (TPSA) is 103 Å². The van der Waals surface area contributed by atoms with Gasteiger partial charge in [0.1, 0.15) is 6.61 Å². The van der Waals surface area contributed by atoms with Crippen LogP contribution in [0.3, 0.4) is 0 Å². The standard InChI is InChI=1S/C28H31N3O5S/c1-3-15-34-28(33)31-16-20-5-11-23(12-6-20)26-35-24(18-37-27-29-13-4-14-30-27)19(2)25(36-26)22-9-7-21(17-32)8-10-22/h3-14,19,24-26,32H,1,15-18H2,2H3,(H,31,33)/t19-,24+,25+,26+/m1/s1. The number of amides is 1. The molecule has 194 valence electrons. The fourth-order valence-corrected chi connectivity index (χ4v) is 4.95. The zero-order chi connectivity index (χ0) is 26.0. The summed E-state index contributed by atoms with van der Waals surface area (Å²) >= 11 is 1.55. The Labute approximate surface area is 221 Å². The van der Waals surface area contributed by atoms with Crippen molar-refractivity contribution >= 4 is 17.9 Å². The van der Waals surface area contributed by atoms with Gasteiger partial charge in [-0.25, -0.2) is 14.8 Å². The minimum absolute atomic E-state index is 0.00336. The number of aliphatic hydroxyl groups is 1. The van der Waals surface area contributed by atoms with E-state index in [1.807, 2.05) is 48.5 Å². The van der Waals surface area contributed by atoms with E-state index >= 15 is 0 Å². The molecule has 0 aliphatic carbocycles. The van der Waals surface area contributed by atoms with Crippen LogP contribution in [0, 0.1) is 5.92 Å². The van der Waals surface area contributed by atoms with E-state index in [-0.39, 0.29) is 31.3 Å². The summed E-state index contributed by atoms with van der Waals surface area (Å²) in [6.07, 6.45) is 3.61. The summed E-state index contributed by atoms with van der Waals surface area (Å²) in [4.78, 5) is 20.3. The summed E-state index contributed by atoms with van der Waals surface area (Å²) in [6.45, 7) is 6.16. The van der Waals surface area contributed by atoms with Gasteiger partial charge in [0.2, 0.25) is 0 Å². The van der Waals surface area contributed by atoms with E-state index in [0.717, 1.165) is 22.3 Å². The summed E-state index contributed by atoms with van der Waals surface area (Å²) in [5.41, 5.74) is 3.69. The van der Waals surface area contributed by atoms with E-state index in [4.69, 9.17) is 14.2 Å². The number of thioether (sulfide) groups is 1. The molecule has 4 rings (SSSR count). The lowest BCUT2D eigenvalue weighted by molar-refractivity contribution is -0.268. The van der Waals surface area contributed by atoms with E-state index in [9.17, 15) is 9.90 Å². The number of alkyl carbamates (subject to hydrolysis) is 1. The maximum atomic E-state index is 11.7. The van der Waals surface area contributed by atoms with E-state index in [2.05, 4.69) is 28.8 Å². The molecular weight excluding hydrogens is 490 g/mol. The van der Waals surface area contributed by atoms with Crippen LogP contribution in [0.1, 0.15) is 41.6 Å². The molecule has 1 saturated heterocycles. The first kappa shape index (κ1) is 26.8. The number of nitrogens with zero attached hydrogens (tertiary/aromatic N) is 2. The van der Waals surface area contributed by atoms with Gasteiger partial charge < -0.3 is 24.6 Å². The zero-order valence-corrected chi connectivity index (χ0v) is 21.5. The van der Waals surface area contributed by atoms with Gasteiger partial charge in [0, 0.05) is 36.2 Å². The number of ether oxygens (including phenoxy) is 3. The number of aromatic nitrogens is 2. The van der Waals surface area contributed by atoms with Crippen molar-refractivity contribution in [3.8, 4) is 0 Å². The monoisotopic (exact) mass is 521 g/mol. The SMILES string of the molecule is C=CCOC(=O)NCc1ccc([C@H]2O[C@@H](CSc3ncccn3)[C@@H](C)[C@@H](c3ccc(CO)cc3)O2)cc1. The molecule has 1 fully saturated rings. The highest BCUT2D eigenvalue weighted by Gasteiger charge is 2.38. The highest BCUT2D eigenvalue weighted by atomic mass is 32.2. The largest absolute Gasteiger partial charge is 0.445 e. The first-order chi connectivity index (χ1) is 18.1. The maximum Gasteiger partial charge on any atom is 0.407 e. The van der Waals surface area contributed by atoms with Crippen molar-refractivity contribution in [3.05, 3.63) is 102 Å². The van der Waals surface area contributed by atoms with Crippen molar-refractivity contribution in [2.75, 3.05) is 12.4 Å². The quantitative estimate of drug-likeness (QED) is 0.219. The molecule has 3 aromatic rings. The first-order valence-electron chi connectivity index (χ1n) is 12.1. The van der Waals surface area contributed by atoms with Crippen LogP contribution in [-0.2, 0) is 27.4 Å². The molecule has 2 N–H and O–H groups in total. The van der Waals surface area contributed by atoms with Crippen molar-refractivity contribution in [1.82, 2.24) is 15.3 Å². The maximum absolute atomic E-state index is 11.7. The van der Waals surface area contributed by atoms with Crippen molar-refractivity contribution in [3.63, 3.8) is 0 Å². The Bertz CT molecular complexity index is 1140. The number of aliphatic hydroxyl groups excluding tert-OH is 1. The molecule has 4 atom stereocenters. The van der Waals surface area contributed by atoms with Gasteiger partial charge in [-0.1, -0.05) is 79.9 Å². The van der Waals surface area contributed by atoms with Gasteiger partial charge in [0.15, 0.2) is 11.4 Å². The van der Waals surface area contributed by atoms with E-state index in [1.54, 1.807) is 30.2 Å². The van der Waals surface area contributed by atoms with Crippen LogP contribution < -0.4 is 5.32 Å². The molecule has 0 radical (unpaired) electrons. The number of hydrogen-bond acceptors (Lipinski definition) is 8. The Morgan fingerprint density at radius 1 is 1.08 bits per heavy atom. The number of rotatable bonds is 10. The summed E-state index contributed by atoms with van der Waals surface area (Å²) in [5, 5.41) is 12.8. The van der Waals surface area contributed by atoms with Crippen LogP contribution in [-0.4, -0.2) is 39.6 Å². The van der Waals surface area contributed by atoms with Gasteiger partial charge in [-0.3, -0.25) is 0 Å². The molecule has 1 aliphatic heterocycles. The Morgan fingerprint density at radius 2 is 1.76 bits per heavy atom. The smallest absolute Gasteiger partial charge is 0.407 e. The fourth-order valence-electron chi connectivity index (χ4n) is 3.98. The third-order valence-electron chi connectivity index (χ3n) is 6.06. The number of carbonyl (C=O) groups is 1. The van der Waals surface area contributed by atoms with E-state index in [1.165, 1.54) is 6.08 Å². The summed E-state index contributed by atoms with van der Waals surface area (Å²) in [5.74, 6) is 0.739. The fraction of sp³-hybridized carbons (Fsp3) is 0.321. The molecule has 1 amide bonds. The third kappa shape index (κ3) is 7.39. The van der Waals surface area contributed by atoms with Crippen molar-refractivity contribution in [2.24, 2.45) is 5.92 Å². The van der Waals surface area contributed by atoms with Crippen LogP contribution in [0.15, 0.2) is 84.8 Å². The Kier molecular flexibility index (Phi) is 9.67. The highest BCUT2D eigenvalue weighted by molar-refractivity contribution is 7.99. The van der Waals surface area contributed by atoms with Gasteiger partial charge in [-0.15, -0.1) is 0 Å². The molecule has 9 heteroatoms. The van der Waals surface area contributed by atoms with Crippen molar-refractivity contribution in [2.45, 2.75) is 43.7 Å². The molecule has 8 nitrogen and oxygen atoms in total. The van der Waals surface area contributed by atoms with Crippen LogP contribution in [0.4, 0.5) is 4.79 Å². The number of hydrogen-bond donors (Lipinski definition) is 2. The molecule has 0 unspecified atom stereocenters. The summed E-state index contributed by atoms with van der Waals surface area (Å²) in [6, 6.07) is 17.4. The number of benzene rings is 2. The van der Waals surface area contributed by atoms with Crippen LogP contribution in [0.2, 0.25) is 0 Å². The predicted octanol–water partition coefficient (Wildman–Crippen LogP) is 4.96. The Hall–Kier alpha value is -3.24. The average molecular weight is 522 g/mol. The second-order valence-electron chi connectivity index (χ2n) is 8.65. The van der Waals surface area contributed by atoms with Crippen molar-refractivity contribution in [1.29, 1.82) is 0 Å². The van der Waals surface area contributed by atoms with Gasteiger partial charge in [-0.05, 0) is 22.8 Å². The minimum Gasteiger partial charge on any atom is -0.445 e. The number of carbonyl (C=O) groups excluding carboxylic acids is 1. The normalized spacial score (nSPS) is 21.2. The molecule has 37 heavy (non-hydrogen) atoms. The lowest BCUT2D eigenvalue weighted by Crippen LogP contribution is -2.38. The molecule has 2 heterocycles. The zero-order valence-electron chi connectivity index (χ0n) is 20.7. The molecule has 0 spiro atoms. The number of nitrogens with one attached hydrogen (secondary N) is 1. The summed E-state index contributed by atoms with van der Waals surface area (Å²) in [7, 11) is 0. The van der Waals surface area contributed by atoms with E-state index in [0.29, 0.717) is 17.5 Å². The van der Waals surface area contributed by atoms with Crippen molar-refractivity contribution < 1.29 is 24.1 Å². The Balaban J connectivity index is 1.48. The average Bonchev–Trinajstić information content (AvgIpc) is 2.95. The molecule has 1 aliphatic rings. The predicted molar refractivity (Wildman–Crippen MR) is 141 cm³/mol. The molecule has 0 bridgehead atoms. The first-order valence-corrected chi connectivity index (χ1v) is 13.1. The van der Waals surface area contributed by atoms with Crippen LogP contribution in [0.25, 0.3) is 0 Å². The molecule has 0 saturated carbocycles. The van der Waals surface area contributed by atoms with Crippen LogP contribution >= 0.6 is 11.8 Å². The molecular formula is C28H31N3O5S.